The van der Waals surface area contributed by atoms with Crippen LogP contribution in [0.4, 0.5) is 0 Å². The van der Waals surface area contributed by atoms with E-state index in [1.807, 2.05) is 6.92 Å². The number of hydrogen-bond donors (Lipinski definition) is 12. The Labute approximate surface area is 334 Å². The van der Waals surface area contributed by atoms with Crippen LogP contribution in [-0.2, 0) is 33.2 Å². The Kier molecular flexibility index (Phi) is 23.0. The van der Waals surface area contributed by atoms with Crippen molar-refractivity contribution in [1.82, 2.24) is 5.32 Å². The zero-order chi connectivity index (χ0) is 42.1. The number of hydrogen-bond acceptors (Lipinski definition) is 18. The highest BCUT2D eigenvalue weighted by atomic mass is 16.8. The molecule has 19 nitrogen and oxygen atoms in total. The summed E-state index contributed by atoms with van der Waals surface area (Å²) in [4.78, 5) is 12.9. The van der Waals surface area contributed by atoms with Gasteiger partial charge in [0.1, 0.15) is 73.2 Å². The average molecular weight is 830 g/mol. The molecule has 0 aromatic heterocycles. The minimum Gasteiger partial charge on any atom is -0.394 e. The van der Waals surface area contributed by atoms with Crippen molar-refractivity contribution in [1.29, 1.82) is 0 Å². The zero-order valence-corrected chi connectivity index (χ0v) is 33.3. The average Bonchev–Trinajstić information content (AvgIpc) is 3.20. The van der Waals surface area contributed by atoms with Crippen LogP contribution >= 0.6 is 0 Å². The van der Waals surface area contributed by atoms with Crippen molar-refractivity contribution in [3.8, 4) is 0 Å². The van der Waals surface area contributed by atoms with Crippen molar-refractivity contribution in [2.24, 2.45) is 0 Å². The number of aliphatic hydroxyl groups excluding tert-OH is 11. The number of amides is 1. The van der Waals surface area contributed by atoms with E-state index in [-0.39, 0.29) is 18.9 Å². The van der Waals surface area contributed by atoms with Gasteiger partial charge >= 0.3 is 0 Å². The Hall–Kier alpha value is -1.21. The molecule has 0 aromatic rings. The highest BCUT2D eigenvalue weighted by Gasteiger charge is 2.53. The Morgan fingerprint density at radius 3 is 1.53 bits per heavy atom. The number of aliphatic hydroxyl groups is 11. The molecule has 3 rings (SSSR count). The zero-order valence-electron chi connectivity index (χ0n) is 33.3. The van der Waals surface area contributed by atoms with Gasteiger partial charge in [0.15, 0.2) is 18.9 Å². The van der Waals surface area contributed by atoms with Gasteiger partial charge in [0.05, 0.1) is 38.6 Å². The normalized spacial score (nSPS) is 37.2. The minimum absolute atomic E-state index is 0.261. The van der Waals surface area contributed by atoms with Crippen LogP contribution < -0.4 is 5.32 Å². The summed E-state index contributed by atoms with van der Waals surface area (Å²) in [5.74, 6) is -0.261. The third-order valence-electron chi connectivity index (χ3n) is 10.9. The quantitative estimate of drug-likeness (QED) is 0.0412. The number of nitrogens with one attached hydrogen (secondary N) is 1. The fourth-order valence-electron chi connectivity index (χ4n) is 7.31. The van der Waals surface area contributed by atoms with Crippen molar-refractivity contribution in [3.63, 3.8) is 0 Å². The molecule has 0 radical (unpaired) electrons. The number of ether oxygens (including phenoxy) is 6. The minimum atomic E-state index is -1.96. The van der Waals surface area contributed by atoms with Crippen LogP contribution in [0.5, 0.6) is 0 Å². The lowest BCUT2D eigenvalue weighted by Crippen LogP contribution is -2.66. The summed E-state index contributed by atoms with van der Waals surface area (Å²) < 4.78 is 33.8. The Morgan fingerprint density at radius 1 is 0.561 bits per heavy atom. The molecule has 0 aromatic carbocycles. The first-order valence-corrected chi connectivity index (χ1v) is 20.8. The third kappa shape index (κ3) is 14.7. The largest absolute Gasteiger partial charge is 0.394 e. The first-order chi connectivity index (χ1) is 27.3. The molecule has 0 bridgehead atoms. The van der Waals surface area contributed by atoms with Gasteiger partial charge in [-0.3, -0.25) is 4.79 Å². The van der Waals surface area contributed by atoms with Gasteiger partial charge in [-0.15, -0.1) is 0 Å². The van der Waals surface area contributed by atoms with Gasteiger partial charge in [0.25, 0.3) is 0 Å². The van der Waals surface area contributed by atoms with Gasteiger partial charge < -0.3 is 89.9 Å². The molecule has 19 heteroatoms. The van der Waals surface area contributed by atoms with Gasteiger partial charge in [-0.25, -0.2) is 0 Å². The fraction of sp³-hybridized carbons (Fsp3) is 0.974. The third-order valence-corrected chi connectivity index (χ3v) is 10.9. The molecule has 17 unspecified atom stereocenters. The summed E-state index contributed by atoms with van der Waals surface area (Å²) in [6.45, 7) is 1.50. The first-order valence-electron chi connectivity index (χ1n) is 20.8. The molecule has 1 amide bonds. The smallest absolute Gasteiger partial charge is 0.220 e. The molecular weight excluding hydrogens is 758 g/mol. The highest BCUT2D eigenvalue weighted by Crippen LogP contribution is 2.33. The molecule has 3 heterocycles. The van der Waals surface area contributed by atoms with Gasteiger partial charge in [0, 0.05) is 6.42 Å². The van der Waals surface area contributed by atoms with Crippen LogP contribution in [0.15, 0.2) is 0 Å². The molecule has 12 N–H and O–H groups in total. The van der Waals surface area contributed by atoms with Crippen LogP contribution in [-0.4, -0.2) is 193 Å². The molecule has 3 fully saturated rings. The summed E-state index contributed by atoms with van der Waals surface area (Å²) >= 11 is 0. The predicted octanol–water partition coefficient (Wildman–Crippen LogP) is -2.20. The van der Waals surface area contributed by atoms with E-state index < -0.39 is 124 Å². The van der Waals surface area contributed by atoms with E-state index in [0.717, 1.165) is 32.1 Å². The Balaban J connectivity index is 1.58. The molecular formula is C38H71NO18. The number of unbranched alkanes of at least 4 members (excludes halogenated alkanes) is 10. The van der Waals surface area contributed by atoms with Crippen LogP contribution in [0, 0.1) is 0 Å². The summed E-state index contributed by atoms with van der Waals surface area (Å²) in [6.07, 6.45) is -13.4. The van der Waals surface area contributed by atoms with Gasteiger partial charge in [0.2, 0.25) is 5.91 Å². The molecule has 0 aliphatic carbocycles. The first kappa shape index (κ1) is 50.1. The lowest BCUT2D eigenvalue weighted by atomic mass is 9.96. The van der Waals surface area contributed by atoms with Crippen LogP contribution in [0.25, 0.3) is 0 Å². The standard InChI is InChI=1S/C38H71NO18/c1-3-5-7-8-9-10-11-12-14-16-26(44)39-21(22(43)15-13-6-4-2)20-52-36-32(50)29(47)34(24(18-41)54-36)57-38-33(51)30(48)35(25(19-42)55-38)56-37-31(49)28(46)27(45)23(17-40)53-37/h21-25,27-38,40-43,45-51H,3-20H2,1-2H3,(H,39,44). The maximum Gasteiger partial charge on any atom is 0.220 e. The monoisotopic (exact) mass is 829 g/mol. The number of carbonyl (C=O) groups excluding carboxylic acids is 1. The number of rotatable bonds is 26. The number of carbonyl (C=O) groups is 1. The summed E-state index contributed by atoms with van der Waals surface area (Å²) in [5.41, 5.74) is 0. The van der Waals surface area contributed by atoms with E-state index in [2.05, 4.69) is 12.2 Å². The topological polar surface area (TPSA) is 307 Å². The van der Waals surface area contributed by atoms with Crippen molar-refractivity contribution in [3.05, 3.63) is 0 Å². The van der Waals surface area contributed by atoms with Gasteiger partial charge in [-0.1, -0.05) is 84.5 Å². The summed E-state index contributed by atoms with van der Waals surface area (Å²) in [7, 11) is 0. The highest BCUT2D eigenvalue weighted by molar-refractivity contribution is 5.76. The molecule has 3 aliphatic heterocycles. The van der Waals surface area contributed by atoms with E-state index in [0.29, 0.717) is 19.3 Å². The summed E-state index contributed by atoms with van der Waals surface area (Å²) in [6, 6.07) is -0.872. The van der Waals surface area contributed by atoms with Crippen LogP contribution in [0.3, 0.4) is 0 Å². The lowest BCUT2D eigenvalue weighted by molar-refractivity contribution is -0.379. The maximum absolute atomic E-state index is 12.9. The predicted molar refractivity (Wildman–Crippen MR) is 199 cm³/mol. The van der Waals surface area contributed by atoms with Crippen LogP contribution in [0.1, 0.15) is 104 Å². The maximum atomic E-state index is 12.9. The fourth-order valence-corrected chi connectivity index (χ4v) is 7.31. The van der Waals surface area contributed by atoms with Crippen LogP contribution in [0.2, 0.25) is 0 Å². The Morgan fingerprint density at radius 2 is 1.00 bits per heavy atom. The Bertz CT molecular complexity index is 1090. The molecule has 3 saturated heterocycles. The second-order valence-electron chi connectivity index (χ2n) is 15.5. The second kappa shape index (κ2) is 26.2. The van der Waals surface area contributed by atoms with Crippen molar-refractivity contribution >= 4 is 5.91 Å². The van der Waals surface area contributed by atoms with E-state index >= 15 is 0 Å². The van der Waals surface area contributed by atoms with Crippen molar-refractivity contribution < 1.29 is 89.4 Å². The van der Waals surface area contributed by atoms with Crippen molar-refractivity contribution in [2.45, 2.75) is 208 Å². The van der Waals surface area contributed by atoms with E-state index in [9.17, 15) is 61.0 Å². The van der Waals surface area contributed by atoms with E-state index in [1.165, 1.54) is 32.1 Å². The molecule has 0 spiro atoms. The van der Waals surface area contributed by atoms with Gasteiger partial charge in [-0.05, 0) is 12.8 Å². The molecule has 3 aliphatic rings. The summed E-state index contributed by atoms with van der Waals surface area (Å²) in [5, 5.41) is 118. The molecule has 336 valence electrons. The second-order valence-corrected chi connectivity index (χ2v) is 15.5. The molecule has 57 heavy (non-hydrogen) atoms. The van der Waals surface area contributed by atoms with E-state index in [4.69, 9.17) is 28.4 Å². The lowest BCUT2D eigenvalue weighted by Gasteiger charge is -2.48. The van der Waals surface area contributed by atoms with Gasteiger partial charge in [-0.2, -0.15) is 0 Å². The van der Waals surface area contributed by atoms with Crippen molar-refractivity contribution in [2.75, 3.05) is 26.4 Å². The molecule has 0 saturated carbocycles. The molecule has 17 atom stereocenters. The SMILES string of the molecule is CCCCCCCCCCCC(=O)NC(COC1OC(CO)C(OC2OC(CO)C(OC3OC(CO)C(O)C(O)C3O)C(O)C2O)C(O)C1O)C(O)CCCCC. The van der Waals surface area contributed by atoms with E-state index in [1.54, 1.807) is 0 Å².